The Labute approximate surface area is 216 Å². The van der Waals surface area contributed by atoms with Crippen molar-refractivity contribution in [1.29, 1.82) is 0 Å². The Morgan fingerprint density at radius 1 is 1.15 bits per heavy atom. The number of ether oxygens (including phenoxy) is 1. The summed E-state index contributed by atoms with van der Waals surface area (Å²) in [5, 5.41) is 16.7. The van der Waals surface area contributed by atoms with Crippen molar-refractivity contribution in [3.8, 4) is 5.75 Å². The van der Waals surface area contributed by atoms with Gasteiger partial charge in [-0.15, -0.1) is 11.3 Å². The van der Waals surface area contributed by atoms with E-state index in [9.17, 15) is 14.9 Å². The van der Waals surface area contributed by atoms with Crippen LogP contribution in [0.1, 0.15) is 20.8 Å². The van der Waals surface area contributed by atoms with Gasteiger partial charge >= 0.3 is 0 Å². The number of benzene rings is 3. The van der Waals surface area contributed by atoms with E-state index in [0.717, 1.165) is 14.7 Å². The van der Waals surface area contributed by atoms with Crippen LogP contribution in [0.3, 0.4) is 0 Å². The molecular weight excluding hydrogens is 565 g/mol. The molecule has 1 amide bonds. The zero-order valence-electron chi connectivity index (χ0n) is 17.1. The molecule has 3 aromatic carbocycles. The van der Waals surface area contributed by atoms with Crippen LogP contribution in [0.5, 0.6) is 5.75 Å². The maximum atomic E-state index is 12.5. The van der Waals surface area contributed by atoms with Crippen LogP contribution < -0.4 is 10.2 Å². The van der Waals surface area contributed by atoms with Gasteiger partial charge in [0.1, 0.15) is 12.4 Å². The van der Waals surface area contributed by atoms with Crippen LogP contribution in [-0.2, 0) is 6.61 Å². The fraction of sp³-hybridized carbons (Fsp3) is 0.0435. The van der Waals surface area contributed by atoms with E-state index in [1.165, 1.54) is 29.7 Å². The number of fused-ring (bicyclic) bond motifs is 1. The lowest BCUT2D eigenvalue weighted by atomic mass is 10.2. The summed E-state index contributed by atoms with van der Waals surface area (Å²) < 4.78 is 7.48. The minimum Gasteiger partial charge on any atom is -0.488 e. The number of halogens is 3. The number of hydrogen-bond donors (Lipinski definition) is 1. The summed E-state index contributed by atoms with van der Waals surface area (Å²) in [5.74, 6) is 0.118. The van der Waals surface area contributed by atoms with Gasteiger partial charge in [0.2, 0.25) is 0 Å². The lowest BCUT2D eigenvalue weighted by Gasteiger charge is -2.11. The standard InChI is InChI=1S/C23H14BrCl2N3O4S/c24-16-2-5-20(33-12-13-1-3-17(25)10-19(13)26)15(7-16)11-27-28-23(30)22-9-14-8-18(29(31)32)4-6-21(14)34-22/h1-11H,12H2,(H,28,30)/b27-11-. The molecule has 0 bridgehead atoms. The molecule has 0 radical (unpaired) electrons. The average Bonchev–Trinajstić information content (AvgIpc) is 3.23. The van der Waals surface area contributed by atoms with Gasteiger partial charge in [0.15, 0.2) is 0 Å². The number of nitro groups is 1. The van der Waals surface area contributed by atoms with Gasteiger partial charge in [0.25, 0.3) is 11.6 Å². The van der Waals surface area contributed by atoms with E-state index in [2.05, 4.69) is 26.5 Å². The molecular formula is C23H14BrCl2N3O4S. The molecule has 7 nitrogen and oxygen atoms in total. The summed E-state index contributed by atoms with van der Waals surface area (Å²) in [7, 11) is 0. The molecule has 4 rings (SSSR count). The zero-order valence-corrected chi connectivity index (χ0v) is 21.0. The van der Waals surface area contributed by atoms with Gasteiger partial charge in [0.05, 0.1) is 16.0 Å². The summed E-state index contributed by atoms with van der Waals surface area (Å²) in [5.41, 5.74) is 3.86. The quantitative estimate of drug-likeness (QED) is 0.142. The molecule has 172 valence electrons. The number of nitrogens with one attached hydrogen (secondary N) is 1. The van der Waals surface area contributed by atoms with Gasteiger partial charge in [-0.2, -0.15) is 5.10 Å². The molecule has 0 unspecified atom stereocenters. The number of rotatable bonds is 7. The molecule has 1 N–H and O–H groups in total. The summed E-state index contributed by atoms with van der Waals surface area (Å²) in [6.07, 6.45) is 1.47. The molecule has 1 heterocycles. The molecule has 0 atom stereocenters. The third-order valence-corrected chi connectivity index (χ3v) is 6.87. The van der Waals surface area contributed by atoms with Gasteiger partial charge in [-0.25, -0.2) is 5.43 Å². The fourth-order valence-electron chi connectivity index (χ4n) is 3.02. The molecule has 1 aromatic heterocycles. The molecule has 0 aliphatic carbocycles. The number of nitro benzene ring substituents is 1. The number of thiophene rings is 1. The van der Waals surface area contributed by atoms with Crippen LogP contribution in [0, 0.1) is 10.1 Å². The minimum atomic E-state index is -0.473. The molecule has 34 heavy (non-hydrogen) atoms. The Hall–Kier alpha value is -2.98. The first-order valence-electron chi connectivity index (χ1n) is 9.68. The largest absolute Gasteiger partial charge is 0.488 e. The normalized spacial score (nSPS) is 11.1. The van der Waals surface area contributed by atoms with Crippen LogP contribution >= 0.6 is 50.5 Å². The van der Waals surface area contributed by atoms with Gasteiger partial charge < -0.3 is 4.74 Å². The molecule has 0 aliphatic rings. The third-order valence-electron chi connectivity index (χ3n) is 4.67. The lowest BCUT2D eigenvalue weighted by Crippen LogP contribution is -2.16. The second kappa shape index (κ2) is 10.5. The van der Waals surface area contributed by atoms with Crippen LogP contribution in [0.4, 0.5) is 5.69 Å². The highest BCUT2D eigenvalue weighted by Gasteiger charge is 2.13. The van der Waals surface area contributed by atoms with Crippen molar-refractivity contribution >= 4 is 78.4 Å². The van der Waals surface area contributed by atoms with E-state index in [4.69, 9.17) is 27.9 Å². The first kappa shape index (κ1) is 24.2. The summed E-state index contributed by atoms with van der Waals surface area (Å²) in [6, 6.07) is 16.6. The summed E-state index contributed by atoms with van der Waals surface area (Å²) in [4.78, 5) is 23.4. The smallest absolute Gasteiger partial charge is 0.281 e. The third kappa shape index (κ3) is 5.74. The fourth-order valence-corrected chi connectivity index (χ4v) is 4.79. The van der Waals surface area contributed by atoms with Crippen molar-refractivity contribution in [1.82, 2.24) is 5.43 Å². The van der Waals surface area contributed by atoms with E-state index in [1.54, 1.807) is 42.5 Å². The Morgan fingerprint density at radius 3 is 2.74 bits per heavy atom. The van der Waals surface area contributed by atoms with Crippen molar-refractivity contribution in [3.63, 3.8) is 0 Å². The molecule has 0 saturated carbocycles. The molecule has 11 heteroatoms. The van der Waals surface area contributed by atoms with Gasteiger partial charge in [-0.3, -0.25) is 14.9 Å². The van der Waals surface area contributed by atoms with Crippen LogP contribution in [-0.4, -0.2) is 17.0 Å². The van der Waals surface area contributed by atoms with Gasteiger partial charge in [-0.05, 0) is 42.5 Å². The molecule has 0 saturated heterocycles. The van der Waals surface area contributed by atoms with E-state index in [-0.39, 0.29) is 12.3 Å². The summed E-state index contributed by atoms with van der Waals surface area (Å²) in [6.45, 7) is 0.221. The van der Waals surface area contributed by atoms with Crippen molar-refractivity contribution in [2.75, 3.05) is 0 Å². The van der Waals surface area contributed by atoms with Crippen molar-refractivity contribution in [2.24, 2.45) is 5.10 Å². The predicted molar refractivity (Wildman–Crippen MR) is 138 cm³/mol. The minimum absolute atomic E-state index is 0.0302. The highest BCUT2D eigenvalue weighted by molar-refractivity contribution is 9.10. The second-order valence-electron chi connectivity index (χ2n) is 7.00. The number of nitrogens with zero attached hydrogens (tertiary/aromatic N) is 2. The lowest BCUT2D eigenvalue weighted by molar-refractivity contribution is -0.384. The van der Waals surface area contributed by atoms with E-state index in [1.807, 2.05) is 6.07 Å². The van der Waals surface area contributed by atoms with Gasteiger partial charge in [0, 0.05) is 47.9 Å². The highest BCUT2D eigenvalue weighted by Crippen LogP contribution is 2.29. The van der Waals surface area contributed by atoms with E-state index < -0.39 is 10.8 Å². The number of non-ortho nitro benzene ring substituents is 1. The first-order valence-corrected chi connectivity index (χ1v) is 12.0. The average molecular weight is 579 g/mol. The van der Waals surface area contributed by atoms with Crippen molar-refractivity contribution < 1.29 is 14.5 Å². The Morgan fingerprint density at radius 2 is 1.97 bits per heavy atom. The predicted octanol–water partition coefficient (Wildman–Crippen LogP) is 7.22. The van der Waals surface area contributed by atoms with Crippen LogP contribution in [0.15, 0.2) is 70.2 Å². The molecule has 0 aliphatic heterocycles. The van der Waals surface area contributed by atoms with E-state index in [0.29, 0.717) is 31.6 Å². The van der Waals surface area contributed by atoms with Crippen molar-refractivity contribution in [3.05, 3.63) is 101 Å². The number of carbonyl (C=O) groups is 1. The van der Waals surface area contributed by atoms with Crippen LogP contribution in [0.2, 0.25) is 10.0 Å². The highest BCUT2D eigenvalue weighted by atomic mass is 79.9. The Balaban J connectivity index is 1.47. The number of hydrazone groups is 1. The maximum absolute atomic E-state index is 12.5. The van der Waals surface area contributed by atoms with Crippen LogP contribution in [0.25, 0.3) is 10.1 Å². The number of hydrogen-bond acceptors (Lipinski definition) is 6. The Kier molecular flexibility index (Phi) is 7.47. The molecule has 0 spiro atoms. The zero-order chi connectivity index (χ0) is 24.2. The van der Waals surface area contributed by atoms with E-state index >= 15 is 0 Å². The molecule has 0 fully saturated rings. The first-order chi connectivity index (χ1) is 16.3. The summed E-state index contributed by atoms with van der Waals surface area (Å²) >= 11 is 16.8. The number of carbonyl (C=O) groups excluding carboxylic acids is 1. The monoisotopic (exact) mass is 577 g/mol. The maximum Gasteiger partial charge on any atom is 0.281 e. The topological polar surface area (TPSA) is 93.8 Å². The van der Waals surface area contributed by atoms with Crippen molar-refractivity contribution in [2.45, 2.75) is 6.61 Å². The van der Waals surface area contributed by atoms with Gasteiger partial charge in [-0.1, -0.05) is 45.2 Å². The SMILES string of the molecule is O=C(N/N=C\c1cc(Br)ccc1OCc1ccc(Cl)cc1Cl)c1cc2cc([N+](=O)[O-])ccc2s1. The second-order valence-corrected chi connectivity index (χ2v) is 9.84. The number of amides is 1. The molecule has 4 aromatic rings. The Bertz CT molecular complexity index is 1440.